The van der Waals surface area contributed by atoms with Gasteiger partial charge in [-0.3, -0.25) is 0 Å². The number of urea groups is 1. The maximum atomic E-state index is 11.8. The normalized spacial score (nSPS) is 10.4. The number of carbonyl (C=O) groups is 2. The molecule has 110 valence electrons. The zero-order chi connectivity index (χ0) is 15.3. The van der Waals surface area contributed by atoms with Gasteiger partial charge in [0.15, 0.2) is 0 Å². The number of hydrogen-bond acceptors (Lipinski definition) is 2. The summed E-state index contributed by atoms with van der Waals surface area (Å²) in [5.41, 5.74) is 2.25. The summed E-state index contributed by atoms with van der Waals surface area (Å²) in [6.45, 7) is 7.60. The van der Waals surface area contributed by atoms with Crippen LogP contribution in [0.4, 0.5) is 10.5 Å². The van der Waals surface area contributed by atoms with Gasteiger partial charge in [-0.15, -0.1) is 0 Å². The van der Waals surface area contributed by atoms with E-state index in [1.807, 2.05) is 20.8 Å². The van der Waals surface area contributed by atoms with E-state index in [1.54, 1.807) is 13.0 Å². The van der Waals surface area contributed by atoms with Crippen LogP contribution in [0, 0.1) is 13.8 Å². The highest BCUT2D eigenvalue weighted by atomic mass is 16.4. The first kappa shape index (κ1) is 16.0. The molecular weight excluding hydrogens is 256 g/mol. The number of carboxylic acids is 1. The van der Waals surface area contributed by atoms with Crippen molar-refractivity contribution >= 4 is 17.7 Å². The Morgan fingerprint density at radius 2 is 1.80 bits per heavy atom. The minimum Gasteiger partial charge on any atom is -0.478 e. The van der Waals surface area contributed by atoms with E-state index in [1.165, 1.54) is 6.07 Å². The number of rotatable bonds is 5. The van der Waals surface area contributed by atoms with E-state index in [-0.39, 0.29) is 17.6 Å². The second-order valence-electron chi connectivity index (χ2n) is 4.88. The average Bonchev–Trinajstić information content (AvgIpc) is 2.39. The molecule has 3 N–H and O–H groups in total. The Morgan fingerprint density at radius 1 is 1.20 bits per heavy atom. The van der Waals surface area contributed by atoms with E-state index in [0.717, 1.165) is 18.4 Å². The number of hydrogen-bond donors (Lipinski definition) is 3. The molecule has 0 spiro atoms. The van der Waals surface area contributed by atoms with Crippen molar-refractivity contribution in [1.82, 2.24) is 5.32 Å². The summed E-state index contributed by atoms with van der Waals surface area (Å²) in [5.74, 6) is -0.991. The highest BCUT2D eigenvalue weighted by Crippen LogP contribution is 2.20. The quantitative estimate of drug-likeness (QED) is 0.773. The van der Waals surface area contributed by atoms with Crippen LogP contribution in [-0.4, -0.2) is 23.1 Å². The number of carboxylic acid groups (broad SMARTS) is 1. The van der Waals surface area contributed by atoms with Gasteiger partial charge in [0.2, 0.25) is 0 Å². The molecule has 0 saturated heterocycles. The molecule has 0 aliphatic rings. The number of aromatic carboxylic acids is 1. The number of amides is 2. The van der Waals surface area contributed by atoms with Gasteiger partial charge in [0.25, 0.3) is 0 Å². The van der Waals surface area contributed by atoms with Gasteiger partial charge >= 0.3 is 12.0 Å². The molecule has 1 aromatic carbocycles. The van der Waals surface area contributed by atoms with Crippen LogP contribution in [0.3, 0.4) is 0 Å². The van der Waals surface area contributed by atoms with Gasteiger partial charge in [-0.05, 0) is 49.9 Å². The Morgan fingerprint density at radius 3 is 2.30 bits per heavy atom. The van der Waals surface area contributed by atoms with Crippen molar-refractivity contribution in [2.45, 2.75) is 46.6 Å². The largest absolute Gasteiger partial charge is 0.478 e. The first-order chi connectivity index (χ1) is 9.38. The van der Waals surface area contributed by atoms with Crippen molar-refractivity contribution in [2.75, 3.05) is 5.32 Å². The molecule has 0 saturated carbocycles. The number of anilines is 1. The second kappa shape index (κ2) is 6.93. The van der Waals surface area contributed by atoms with E-state index < -0.39 is 5.97 Å². The second-order valence-corrected chi connectivity index (χ2v) is 4.88. The molecule has 0 aliphatic carbocycles. The van der Waals surface area contributed by atoms with Crippen molar-refractivity contribution in [3.05, 3.63) is 28.8 Å². The number of aryl methyl sites for hydroxylation is 1. The van der Waals surface area contributed by atoms with Crippen molar-refractivity contribution < 1.29 is 14.7 Å². The Bertz CT molecular complexity index is 508. The van der Waals surface area contributed by atoms with Gasteiger partial charge in [0, 0.05) is 11.7 Å². The van der Waals surface area contributed by atoms with Crippen LogP contribution >= 0.6 is 0 Å². The molecule has 0 unspecified atom stereocenters. The fraction of sp³-hybridized carbons (Fsp3) is 0.467. The lowest BCUT2D eigenvalue weighted by atomic mass is 10.0. The Kier molecular flexibility index (Phi) is 5.55. The summed E-state index contributed by atoms with van der Waals surface area (Å²) in [4.78, 5) is 23.0. The summed E-state index contributed by atoms with van der Waals surface area (Å²) in [5, 5.41) is 14.7. The predicted molar refractivity (Wildman–Crippen MR) is 79.4 cm³/mol. The molecule has 5 nitrogen and oxygen atoms in total. The van der Waals surface area contributed by atoms with Crippen molar-refractivity contribution in [2.24, 2.45) is 0 Å². The van der Waals surface area contributed by atoms with Crippen molar-refractivity contribution in [3.63, 3.8) is 0 Å². The summed E-state index contributed by atoms with van der Waals surface area (Å²) < 4.78 is 0. The molecule has 20 heavy (non-hydrogen) atoms. The van der Waals surface area contributed by atoms with Crippen LogP contribution in [0.2, 0.25) is 0 Å². The van der Waals surface area contributed by atoms with Crippen molar-refractivity contribution in [3.8, 4) is 0 Å². The highest BCUT2D eigenvalue weighted by Gasteiger charge is 2.13. The molecule has 0 aromatic heterocycles. The molecular formula is C15H22N2O3. The standard InChI is InChI=1S/C15H22N2O3/c1-5-11(6-2)16-15(20)17-12-7-9(3)10(4)13(8-12)14(18)19/h7-8,11H,5-6H2,1-4H3,(H,18,19)(H2,16,17,20). The lowest BCUT2D eigenvalue weighted by Crippen LogP contribution is -2.37. The third-order valence-corrected chi connectivity index (χ3v) is 3.48. The minimum absolute atomic E-state index is 0.125. The van der Waals surface area contributed by atoms with Gasteiger partial charge in [-0.1, -0.05) is 13.8 Å². The lowest BCUT2D eigenvalue weighted by Gasteiger charge is -2.16. The van der Waals surface area contributed by atoms with Gasteiger partial charge in [-0.2, -0.15) is 0 Å². The number of nitrogens with one attached hydrogen (secondary N) is 2. The van der Waals surface area contributed by atoms with E-state index in [4.69, 9.17) is 5.11 Å². The van der Waals surface area contributed by atoms with Crippen molar-refractivity contribution in [1.29, 1.82) is 0 Å². The zero-order valence-electron chi connectivity index (χ0n) is 12.4. The van der Waals surface area contributed by atoms with E-state index >= 15 is 0 Å². The smallest absolute Gasteiger partial charge is 0.336 e. The third-order valence-electron chi connectivity index (χ3n) is 3.48. The Balaban J connectivity index is 2.88. The van der Waals surface area contributed by atoms with E-state index in [9.17, 15) is 9.59 Å². The molecule has 5 heteroatoms. The Labute approximate surface area is 119 Å². The molecule has 0 bridgehead atoms. The van der Waals surface area contributed by atoms with Gasteiger partial charge in [0.1, 0.15) is 0 Å². The summed E-state index contributed by atoms with van der Waals surface area (Å²) >= 11 is 0. The topological polar surface area (TPSA) is 78.4 Å². The monoisotopic (exact) mass is 278 g/mol. The van der Waals surface area contributed by atoms with Gasteiger partial charge < -0.3 is 15.7 Å². The van der Waals surface area contributed by atoms with E-state index in [2.05, 4.69) is 10.6 Å². The molecule has 0 aliphatic heterocycles. The molecule has 2 amide bonds. The first-order valence-electron chi connectivity index (χ1n) is 6.81. The minimum atomic E-state index is -0.991. The molecule has 1 aromatic rings. The summed E-state index contributed by atoms with van der Waals surface area (Å²) in [6.07, 6.45) is 1.72. The van der Waals surface area contributed by atoms with Gasteiger partial charge in [0.05, 0.1) is 5.56 Å². The third kappa shape index (κ3) is 3.98. The fourth-order valence-corrected chi connectivity index (χ4v) is 2.00. The average molecular weight is 278 g/mol. The maximum absolute atomic E-state index is 11.8. The molecule has 0 atom stereocenters. The Hall–Kier alpha value is -2.04. The highest BCUT2D eigenvalue weighted by molar-refractivity contribution is 5.94. The molecule has 1 rings (SSSR count). The number of carbonyl (C=O) groups excluding carboxylic acids is 1. The van der Waals surface area contributed by atoms with E-state index in [0.29, 0.717) is 11.3 Å². The predicted octanol–water partition coefficient (Wildman–Crippen LogP) is 3.31. The molecule has 0 fully saturated rings. The van der Waals surface area contributed by atoms with Crippen LogP contribution in [-0.2, 0) is 0 Å². The maximum Gasteiger partial charge on any atom is 0.336 e. The summed E-state index contributed by atoms with van der Waals surface area (Å²) in [7, 11) is 0. The first-order valence-corrected chi connectivity index (χ1v) is 6.81. The zero-order valence-corrected chi connectivity index (χ0v) is 12.4. The molecule has 0 radical (unpaired) electrons. The fourth-order valence-electron chi connectivity index (χ4n) is 2.00. The number of benzene rings is 1. The summed E-state index contributed by atoms with van der Waals surface area (Å²) in [6, 6.07) is 3.07. The van der Waals surface area contributed by atoms with Crippen LogP contribution in [0.15, 0.2) is 12.1 Å². The lowest BCUT2D eigenvalue weighted by molar-refractivity contribution is 0.0696. The SMILES string of the molecule is CCC(CC)NC(=O)Nc1cc(C)c(C)c(C(=O)O)c1. The molecule has 0 heterocycles. The van der Waals surface area contributed by atoms with Crippen LogP contribution in [0.25, 0.3) is 0 Å². The van der Waals surface area contributed by atoms with Crippen LogP contribution < -0.4 is 10.6 Å². The van der Waals surface area contributed by atoms with Crippen LogP contribution in [0.5, 0.6) is 0 Å². The van der Waals surface area contributed by atoms with Crippen LogP contribution in [0.1, 0.15) is 48.2 Å². The van der Waals surface area contributed by atoms with Gasteiger partial charge in [-0.25, -0.2) is 9.59 Å².